The summed E-state index contributed by atoms with van der Waals surface area (Å²) in [6.07, 6.45) is 1.74. The van der Waals surface area contributed by atoms with Crippen LogP contribution >= 0.6 is 0 Å². The summed E-state index contributed by atoms with van der Waals surface area (Å²) < 4.78 is 0. The average Bonchev–Trinajstić information content (AvgIpc) is 3.07. The lowest BCUT2D eigenvalue weighted by Crippen LogP contribution is -2.37. The van der Waals surface area contributed by atoms with Crippen molar-refractivity contribution in [2.45, 2.75) is 26.7 Å². The number of hydrogen-bond acceptors (Lipinski definition) is 5. The third kappa shape index (κ3) is 3.55. The maximum atomic E-state index is 13.9. The number of nitrogens with zero attached hydrogens (tertiary/aromatic N) is 3. The summed E-state index contributed by atoms with van der Waals surface area (Å²) in [5.41, 5.74) is 5.42. The van der Waals surface area contributed by atoms with Gasteiger partial charge in [-0.15, -0.1) is 0 Å². The van der Waals surface area contributed by atoms with Crippen LogP contribution in [0.25, 0.3) is 5.57 Å². The van der Waals surface area contributed by atoms with Crippen LogP contribution in [-0.4, -0.2) is 23.3 Å². The summed E-state index contributed by atoms with van der Waals surface area (Å²) in [4.78, 5) is 41.5. The number of carbonyl (C=O) groups is 2. The standard InChI is InChI=1S/C27H23N3O4/c1-17-14-18(2)16-22(15-17)29-26(31)24(20-9-11-21(12-10-20)30(33)34)25(27(29)32)28-13-5-7-19-6-3-4-8-23(19)28/h3-4,6,8-12,14-16H,5,7,13H2,1-2H3. The number of carbonyl (C=O) groups excluding carboxylic acids is 2. The molecule has 2 aliphatic rings. The zero-order valence-electron chi connectivity index (χ0n) is 18.9. The zero-order chi connectivity index (χ0) is 24.0. The minimum atomic E-state index is -0.483. The number of nitro benzene ring substituents is 1. The van der Waals surface area contributed by atoms with Crippen LogP contribution < -0.4 is 9.80 Å². The van der Waals surface area contributed by atoms with Gasteiger partial charge in [-0.05, 0) is 79.3 Å². The molecule has 0 radical (unpaired) electrons. The first-order valence-corrected chi connectivity index (χ1v) is 11.2. The molecule has 0 spiro atoms. The number of rotatable bonds is 4. The van der Waals surface area contributed by atoms with Gasteiger partial charge in [0.15, 0.2) is 0 Å². The Bertz CT molecular complexity index is 1350. The van der Waals surface area contributed by atoms with Crippen LogP contribution in [0.1, 0.15) is 28.7 Å². The molecule has 3 aromatic rings. The summed E-state index contributed by atoms with van der Waals surface area (Å²) in [5.74, 6) is -0.818. The van der Waals surface area contributed by atoms with Gasteiger partial charge in [0.05, 0.1) is 16.2 Å². The number of nitro groups is 1. The molecule has 34 heavy (non-hydrogen) atoms. The molecule has 0 fully saturated rings. The zero-order valence-corrected chi connectivity index (χ0v) is 18.9. The summed E-state index contributed by atoms with van der Waals surface area (Å²) in [5, 5.41) is 11.2. The second kappa shape index (κ2) is 8.26. The molecule has 2 heterocycles. The Morgan fingerprint density at radius 1 is 0.882 bits per heavy atom. The normalized spacial score (nSPS) is 15.7. The molecule has 2 amide bonds. The van der Waals surface area contributed by atoms with E-state index in [1.807, 2.05) is 61.2 Å². The van der Waals surface area contributed by atoms with Crippen LogP contribution in [0.4, 0.5) is 17.1 Å². The van der Waals surface area contributed by atoms with Crippen LogP contribution in [0.15, 0.2) is 72.4 Å². The third-order valence-electron chi connectivity index (χ3n) is 6.27. The smallest absolute Gasteiger partial charge is 0.282 e. The Hall–Kier alpha value is -4.26. The van der Waals surface area contributed by atoms with E-state index in [1.165, 1.54) is 17.0 Å². The molecule has 170 valence electrons. The molecule has 0 atom stereocenters. The Balaban J connectivity index is 1.70. The number of imide groups is 1. The summed E-state index contributed by atoms with van der Waals surface area (Å²) in [6, 6.07) is 19.3. The van der Waals surface area contributed by atoms with Crippen LogP contribution in [0.3, 0.4) is 0 Å². The Labute approximate surface area is 197 Å². The monoisotopic (exact) mass is 453 g/mol. The first-order chi connectivity index (χ1) is 16.3. The van der Waals surface area contributed by atoms with Gasteiger partial charge in [0.2, 0.25) is 0 Å². The highest BCUT2D eigenvalue weighted by Crippen LogP contribution is 2.40. The molecular formula is C27H23N3O4. The minimum Gasteiger partial charge on any atom is -0.336 e. The Morgan fingerprint density at radius 2 is 1.56 bits per heavy atom. The van der Waals surface area contributed by atoms with Gasteiger partial charge in [0.25, 0.3) is 17.5 Å². The van der Waals surface area contributed by atoms with E-state index in [1.54, 1.807) is 12.1 Å². The predicted octanol–water partition coefficient (Wildman–Crippen LogP) is 4.95. The molecule has 7 nitrogen and oxygen atoms in total. The van der Waals surface area contributed by atoms with Gasteiger partial charge in [0, 0.05) is 24.4 Å². The third-order valence-corrected chi connectivity index (χ3v) is 6.27. The molecule has 0 saturated carbocycles. The Kier molecular flexibility index (Phi) is 5.24. The second-order valence-electron chi connectivity index (χ2n) is 8.70. The quantitative estimate of drug-likeness (QED) is 0.317. The molecule has 5 rings (SSSR count). The van der Waals surface area contributed by atoms with E-state index in [9.17, 15) is 19.7 Å². The number of amides is 2. The minimum absolute atomic E-state index is 0.0721. The topological polar surface area (TPSA) is 83.8 Å². The van der Waals surface area contributed by atoms with Gasteiger partial charge in [-0.1, -0.05) is 24.3 Å². The number of hydrogen-bond donors (Lipinski definition) is 0. The maximum absolute atomic E-state index is 13.9. The van der Waals surface area contributed by atoms with E-state index in [0.29, 0.717) is 23.5 Å². The van der Waals surface area contributed by atoms with E-state index < -0.39 is 10.8 Å². The largest absolute Gasteiger partial charge is 0.336 e. The average molecular weight is 453 g/mol. The number of non-ortho nitro benzene ring substituents is 1. The van der Waals surface area contributed by atoms with Crippen molar-refractivity contribution in [3.63, 3.8) is 0 Å². The fourth-order valence-electron chi connectivity index (χ4n) is 4.86. The van der Waals surface area contributed by atoms with Gasteiger partial charge in [-0.3, -0.25) is 19.7 Å². The van der Waals surface area contributed by atoms with Crippen molar-refractivity contribution in [2.75, 3.05) is 16.3 Å². The van der Waals surface area contributed by atoms with E-state index in [0.717, 1.165) is 35.2 Å². The lowest BCUT2D eigenvalue weighted by molar-refractivity contribution is -0.384. The summed E-state index contributed by atoms with van der Waals surface area (Å²) in [6.45, 7) is 4.45. The number of fused-ring (bicyclic) bond motifs is 1. The molecule has 0 aromatic heterocycles. The van der Waals surface area contributed by atoms with E-state index >= 15 is 0 Å². The lowest BCUT2D eigenvalue weighted by atomic mass is 9.98. The molecule has 3 aromatic carbocycles. The van der Waals surface area contributed by atoms with Crippen molar-refractivity contribution < 1.29 is 14.5 Å². The predicted molar refractivity (Wildman–Crippen MR) is 131 cm³/mol. The SMILES string of the molecule is Cc1cc(C)cc(N2C(=O)C(c3ccc([N+](=O)[O-])cc3)=C(N3CCCc4ccccc43)C2=O)c1. The van der Waals surface area contributed by atoms with Crippen molar-refractivity contribution in [1.29, 1.82) is 0 Å². The van der Waals surface area contributed by atoms with Crippen LogP contribution in [0, 0.1) is 24.0 Å². The van der Waals surface area contributed by atoms with Crippen molar-refractivity contribution in [2.24, 2.45) is 0 Å². The van der Waals surface area contributed by atoms with E-state index in [-0.39, 0.29) is 17.2 Å². The van der Waals surface area contributed by atoms with Crippen molar-refractivity contribution >= 4 is 34.4 Å². The van der Waals surface area contributed by atoms with Gasteiger partial charge in [-0.2, -0.15) is 0 Å². The fraction of sp³-hybridized carbons (Fsp3) is 0.185. The van der Waals surface area contributed by atoms with Crippen molar-refractivity contribution in [1.82, 2.24) is 0 Å². The molecule has 0 N–H and O–H groups in total. The molecule has 0 saturated heterocycles. The molecular weight excluding hydrogens is 430 g/mol. The highest BCUT2D eigenvalue weighted by atomic mass is 16.6. The van der Waals surface area contributed by atoms with Gasteiger partial charge < -0.3 is 4.90 Å². The second-order valence-corrected chi connectivity index (χ2v) is 8.70. The fourth-order valence-corrected chi connectivity index (χ4v) is 4.86. The first-order valence-electron chi connectivity index (χ1n) is 11.2. The maximum Gasteiger partial charge on any atom is 0.282 e. The Morgan fingerprint density at radius 3 is 2.24 bits per heavy atom. The highest BCUT2D eigenvalue weighted by Gasteiger charge is 2.43. The van der Waals surface area contributed by atoms with Gasteiger partial charge in [-0.25, -0.2) is 4.90 Å². The van der Waals surface area contributed by atoms with E-state index in [4.69, 9.17) is 0 Å². The number of aryl methyl sites for hydroxylation is 3. The number of para-hydroxylation sites is 1. The molecule has 0 unspecified atom stereocenters. The van der Waals surface area contributed by atoms with Crippen molar-refractivity contribution in [3.05, 3.63) is 105 Å². The molecule has 7 heteroatoms. The number of anilines is 2. The number of benzene rings is 3. The first kappa shape index (κ1) is 21.6. The van der Waals surface area contributed by atoms with Crippen molar-refractivity contribution in [3.8, 4) is 0 Å². The van der Waals surface area contributed by atoms with Gasteiger partial charge in [0.1, 0.15) is 5.70 Å². The van der Waals surface area contributed by atoms with Crippen LogP contribution in [-0.2, 0) is 16.0 Å². The lowest BCUT2D eigenvalue weighted by Gasteiger charge is -2.32. The molecule has 0 bridgehead atoms. The van der Waals surface area contributed by atoms with Crippen LogP contribution in [0.5, 0.6) is 0 Å². The summed E-state index contributed by atoms with van der Waals surface area (Å²) in [7, 11) is 0. The highest BCUT2D eigenvalue weighted by molar-refractivity contribution is 6.46. The molecule has 0 aliphatic carbocycles. The van der Waals surface area contributed by atoms with Crippen LogP contribution in [0.2, 0.25) is 0 Å². The summed E-state index contributed by atoms with van der Waals surface area (Å²) >= 11 is 0. The van der Waals surface area contributed by atoms with E-state index in [2.05, 4.69) is 0 Å². The van der Waals surface area contributed by atoms with Gasteiger partial charge >= 0.3 is 0 Å². The molecule has 2 aliphatic heterocycles.